The first kappa shape index (κ1) is 8.05. The smallest absolute Gasteiger partial charge is 0.335 e. The Hall–Kier alpha value is -0.570. The van der Waals surface area contributed by atoms with Crippen molar-refractivity contribution in [1.29, 1.82) is 0 Å². The lowest BCUT2D eigenvalue weighted by Gasteiger charge is -2.24. The fraction of sp³-hybridized carbons (Fsp3) is 0.889. The lowest BCUT2D eigenvalue weighted by atomic mass is 10.0. The molecule has 2 aliphatic carbocycles. The Morgan fingerprint density at radius 3 is 2.33 bits per heavy atom. The topological polar surface area (TPSA) is 46.5 Å². The van der Waals surface area contributed by atoms with Gasteiger partial charge in [0.1, 0.15) is 0 Å². The minimum absolute atomic E-state index is 0.228. The van der Waals surface area contributed by atoms with E-state index in [4.69, 9.17) is 9.84 Å². The van der Waals surface area contributed by atoms with E-state index in [1.807, 2.05) is 0 Å². The fourth-order valence-electron chi connectivity index (χ4n) is 1.49. The molecule has 0 amide bonds. The van der Waals surface area contributed by atoms with Crippen molar-refractivity contribution in [2.75, 3.05) is 0 Å². The van der Waals surface area contributed by atoms with E-state index in [1.54, 1.807) is 6.92 Å². The minimum Gasteiger partial charge on any atom is -0.479 e. The van der Waals surface area contributed by atoms with Crippen molar-refractivity contribution in [3.05, 3.63) is 0 Å². The van der Waals surface area contributed by atoms with E-state index >= 15 is 0 Å². The van der Waals surface area contributed by atoms with Crippen molar-refractivity contribution in [2.24, 2.45) is 5.92 Å². The maximum atomic E-state index is 10.9. The normalized spacial score (nSPS) is 28.1. The highest BCUT2D eigenvalue weighted by molar-refractivity contribution is 5.78. The summed E-state index contributed by atoms with van der Waals surface area (Å²) in [5, 5.41) is 8.99. The molecule has 0 spiro atoms. The third-order valence-corrected chi connectivity index (χ3v) is 2.72. The van der Waals surface area contributed by atoms with Crippen LogP contribution in [0.2, 0.25) is 0 Å². The van der Waals surface area contributed by atoms with Gasteiger partial charge in [-0.25, -0.2) is 4.79 Å². The molecule has 68 valence electrons. The van der Waals surface area contributed by atoms with E-state index in [1.165, 1.54) is 0 Å². The zero-order valence-electron chi connectivity index (χ0n) is 7.25. The van der Waals surface area contributed by atoms with E-state index in [0.717, 1.165) is 25.7 Å². The number of rotatable bonds is 4. The molecular formula is C9H14O3. The molecule has 1 atom stereocenters. The van der Waals surface area contributed by atoms with Crippen LogP contribution in [0.5, 0.6) is 0 Å². The van der Waals surface area contributed by atoms with Crippen LogP contribution in [0.25, 0.3) is 0 Å². The Morgan fingerprint density at radius 2 is 2.00 bits per heavy atom. The molecule has 0 heterocycles. The van der Waals surface area contributed by atoms with E-state index in [9.17, 15) is 4.79 Å². The van der Waals surface area contributed by atoms with Gasteiger partial charge in [-0.3, -0.25) is 0 Å². The van der Waals surface area contributed by atoms with E-state index in [2.05, 4.69) is 0 Å². The van der Waals surface area contributed by atoms with Crippen molar-refractivity contribution in [3.8, 4) is 0 Å². The molecule has 2 aliphatic rings. The molecule has 2 rings (SSSR count). The summed E-state index contributed by atoms with van der Waals surface area (Å²) in [7, 11) is 0. The molecule has 2 saturated carbocycles. The summed E-state index contributed by atoms with van der Waals surface area (Å²) in [6, 6.07) is 0. The Balaban J connectivity index is 2.02. The highest BCUT2D eigenvalue weighted by Crippen LogP contribution is 2.44. The van der Waals surface area contributed by atoms with E-state index in [-0.39, 0.29) is 12.0 Å². The fourth-order valence-corrected chi connectivity index (χ4v) is 1.49. The molecule has 0 radical (unpaired) electrons. The van der Waals surface area contributed by atoms with Crippen LogP contribution in [0.1, 0.15) is 32.6 Å². The van der Waals surface area contributed by atoms with Crippen LogP contribution >= 0.6 is 0 Å². The van der Waals surface area contributed by atoms with E-state index < -0.39 is 11.6 Å². The number of hydrogen-bond donors (Lipinski definition) is 1. The first-order valence-corrected chi connectivity index (χ1v) is 4.54. The molecule has 0 aromatic heterocycles. The lowest BCUT2D eigenvalue weighted by Crippen LogP contribution is -2.41. The second kappa shape index (κ2) is 2.46. The molecule has 0 bridgehead atoms. The molecule has 3 heteroatoms. The van der Waals surface area contributed by atoms with Crippen LogP contribution < -0.4 is 0 Å². The average molecular weight is 170 g/mol. The van der Waals surface area contributed by atoms with Crippen molar-refractivity contribution >= 4 is 5.97 Å². The van der Waals surface area contributed by atoms with Crippen LogP contribution in [0.4, 0.5) is 0 Å². The molecule has 3 nitrogen and oxygen atoms in total. The number of carbonyl (C=O) groups is 1. The van der Waals surface area contributed by atoms with Gasteiger partial charge in [0.2, 0.25) is 0 Å². The van der Waals surface area contributed by atoms with Crippen molar-refractivity contribution in [1.82, 2.24) is 0 Å². The summed E-state index contributed by atoms with van der Waals surface area (Å²) in [5.41, 5.74) is -0.888. The first-order valence-electron chi connectivity index (χ1n) is 4.54. The highest BCUT2D eigenvalue weighted by Gasteiger charge is 2.51. The molecular weight excluding hydrogens is 156 g/mol. The van der Waals surface area contributed by atoms with Crippen LogP contribution in [0, 0.1) is 5.92 Å². The van der Waals surface area contributed by atoms with Crippen molar-refractivity contribution in [2.45, 2.75) is 44.3 Å². The third-order valence-electron chi connectivity index (χ3n) is 2.72. The molecule has 1 N–H and O–H groups in total. The maximum Gasteiger partial charge on any atom is 0.335 e. The highest BCUT2D eigenvalue weighted by atomic mass is 16.5. The standard InChI is InChI=1S/C9H14O3/c1-9(8(10)11,6-2-3-6)12-7-4-5-7/h6-7H,2-5H2,1H3,(H,10,11). The van der Waals surface area contributed by atoms with Crippen LogP contribution in [-0.2, 0) is 9.53 Å². The zero-order valence-corrected chi connectivity index (χ0v) is 7.25. The number of ether oxygens (including phenoxy) is 1. The predicted molar refractivity (Wildman–Crippen MR) is 42.9 cm³/mol. The minimum atomic E-state index is -0.888. The van der Waals surface area contributed by atoms with Crippen LogP contribution in [0.15, 0.2) is 0 Å². The Bertz CT molecular complexity index is 206. The zero-order chi connectivity index (χ0) is 8.77. The molecule has 0 saturated heterocycles. The first-order chi connectivity index (χ1) is 5.63. The number of aliphatic carboxylic acids is 1. The summed E-state index contributed by atoms with van der Waals surface area (Å²) in [4.78, 5) is 10.9. The molecule has 0 aromatic carbocycles. The molecule has 0 aromatic rings. The molecule has 1 unspecified atom stereocenters. The summed E-state index contributed by atoms with van der Waals surface area (Å²) < 4.78 is 5.53. The number of carboxylic acids is 1. The molecule has 2 fully saturated rings. The second-order valence-electron chi connectivity index (χ2n) is 4.00. The Kier molecular flexibility index (Phi) is 1.65. The summed E-state index contributed by atoms with van der Waals surface area (Å²) in [5.74, 6) is -0.535. The van der Waals surface area contributed by atoms with Gasteiger partial charge in [0.15, 0.2) is 5.60 Å². The predicted octanol–water partition coefficient (Wildman–Crippen LogP) is 1.42. The maximum absolute atomic E-state index is 10.9. The Labute approximate surface area is 71.7 Å². The van der Waals surface area contributed by atoms with Gasteiger partial charge in [0, 0.05) is 0 Å². The van der Waals surface area contributed by atoms with Gasteiger partial charge in [-0.05, 0) is 38.5 Å². The monoisotopic (exact) mass is 170 g/mol. The van der Waals surface area contributed by atoms with Crippen molar-refractivity contribution < 1.29 is 14.6 Å². The summed E-state index contributed by atoms with van der Waals surface area (Å²) in [6.07, 6.45) is 4.32. The van der Waals surface area contributed by atoms with Gasteiger partial charge >= 0.3 is 5.97 Å². The van der Waals surface area contributed by atoms with Gasteiger partial charge in [-0.1, -0.05) is 0 Å². The van der Waals surface area contributed by atoms with Gasteiger partial charge in [0.25, 0.3) is 0 Å². The third kappa shape index (κ3) is 1.33. The van der Waals surface area contributed by atoms with Gasteiger partial charge in [-0.2, -0.15) is 0 Å². The quantitative estimate of drug-likeness (QED) is 0.694. The molecule has 0 aliphatic heterocycles. The lowest BCUT2D eigenvalue weighted by molar-refractivity contribution is -0.168. The van der Waals surface area contributed by atoms with Gasteiger partial charge < -0.3 is 9.84 Å². The SMILES string of the molecule is CC(OC1CC1)(C(=O)O)C1CC1. The van der Waals surface area contributed by atoms with Crippen LogP contribution in [-0.4, -0.2) is 22.8 Å². The van der Waals surface area contributed by atoms with E-state index in [0.29, 0.717) is 0 Å². The largest absolute Gasteiger partial charge is 0.479 e. The Morgan fingerprint density at radius 1 is 1.42 bits per heavy atom. The molecule has 12 heavy (non-hydrogen) atoms. The summed E-state index contributed by atoms with van der Waals surface area (Å²) in [6.45, 7) is 1.71. The van der Waals surface area contributed by atoms with Gasteiger partial charge in [-0.15, -0.1) is 0 Å². The average Bonchev–Trinajstić information content (AvgIpc) is 2.83. The summed E-state index contributed by atoms with van der Waals surface area (Å²) >= 11 is 0. The van der Waals surface area contributed by atoms with Crippen molar-refractivity contribution in [3.63, 3.8) is 0 Å². The van der Waals surface area contributed by atoms with Crippen LogP contribution in [0.3, 0.4) is 0 Å². The number of carboxylic acid groups (broad SMARTS) is 1. The second-order valence-corrected chi connectivity index (χ2v) is 4.00. The number of hydrogen-bond acceptors (Lipinski definition) is 2. The van der Waals surface area contributed by atoms with Gasteiger partial charge in [0.05, 0.1) is 6.10 Å².